The number of nitrogens with zero attached hydrogens (tertiary/aromatic N) is 5. The van der Waals surface area contributed by atoms with E-state index in [1.165, 1.54) is 18.4 Å². The number of hydrogen-bond donors (Lipinski definition) is 0. The quantitative estimate of drug-likeness (QED) is 0.566. The third-order valence-electron chi connectivity index (χ3n) is 5.77. The monoisotopic (exact) mass is 401 g/mol. The van der Waals surface area contributed by atoms with Crippen LogP contribution in [0.4, 0.5) is 10.1 Å². The third-order valence-corrected chi connectivity index (χ3v) is 6.35. The molecule has 28 heavy (non-hydrogen) atoms. The van der Waals surface area contributed by atoms with Crippen LogP contribution in [0.2, 0.25) is 0 Å². The molecule has 2 fully saturated rings. The molecule has 2 aromatic rings. The molecule has 1 aromatic heterocycles. The fourth-order valence-electron chi connectivity index (χ4n) is 4.26. The summed E-state index contributed by atoms with van der Waals surface area (Å²) in [5.41, 5.74) is 2.32. The zero-order valence-corrected chi connectivity index (χ0v) is 17.2. The van der Waals surface area contributed by atoms with E-state index in [2.05, 4.69) is 24.7 Å². The summed E-state index contributed by atoms with van der Waals surface area (Å²) >= 11 is 1.58. The number of halogens is 1. The van der Waals surface area contributed by atoms with Crippen molar-refractivity contribution in [2.75, 3.05) is 50.4 Å². The number of thioether (sulfide) groups is 1. The van der Waals surface area contributed by atoms with Crippen molar-refractivity contribution in [3.05, 3.63) is 48.0 Å². The summed E-state index contributed by atoms with van der Waals surface area (Å²) < 4.78 is 13.1. The molecule has 2 saturated heterocycles. The fraction of sp³-hybridized carbons (Fsp3) is 0.524. The van der Waals surface area contributed by atoms with Crippen LogP contribution in [0.1, 0.15) is 18.4 Å². The maximum absolute atomic E-state index is 13.1. The minimum Gasteiger partial charge on any atom is -0.369 e. The SMILES string of the molecule is CSc1ncc(CN2CCC[C@@H](N3CCN(c4ccc(F)cc4)CC3)C2)cn1. The van der Waals surface area contributed by atoms with Crippen molar-refractivity contribution in [1.29, 1.82) is 0 Å². The van der Waals surface area contributed by atoms with Crippen molar-refractivity contribution >= 4 is 17.4 Å². The van der Waals surface area contributed by atoms with Gasteiger partial charge in [0, 0.05) is 69.0 Å². The predicted octanol–water partition coefficient (Wildman–Crippen LogP) is 3.12. The highest BCUT2D eigenvalue weighted by molar-refractivity contribution is 7.98. The molecule has 2 aliphatic rings. The molecule has 5 nitrogen and oxygen atoms in total. The summed E-state index contributed by atoms with van der Waals surface area (Å²) in [4.78, 5) is 16.3. The second kappa shape index (κ2) is 9.20. The van der Waals surface area contributed by atoms with Gasteiger partial charge < -0.3 is 4.90 Å². The highest BCUT2D eigenvalue weighted by atomic mass is 32.2. The zero-order chi connectivity index (χ0) is 19.3. The maximum Gasteiger partial charge on any atom is 0.187 e. The molecule has 0 bridgehead atoms. The Morgan fingerprint density at radius 2 is 1.75 bits per heavy atom. The number of piperazine rings is 1. The molecule has 3 heterocycles. The average molecular weight is 402 g/mol. The van der Waals surface area contributed by atoms with Crippen LogP contribution in [0.3, 0.4) is 0 Å². The largest absolute Gasteiger partial charge is 0.369 e. The predicted molar refractivity (Wildman–Crippen MR) is 112 cm³/mol. The van der Waals surface area contributed by atoms with Gasteiger partial charge in [-0.1, -0.05) is 11.8 Å². The van der Waals surface area contributed by atoms with E-state index < -0.39 is 0 Å². The molecule has 2 aliphatic heterocycles. The second-order valence-corrected chi connectivity index (χ2v) is 8.38. The van der Waals surface area contributed by atoms with E-state index in [1.807, 2.05) is 30.8 Å². The van der Waals surface area contributed by atoms with Gasteiger partial charge in [-0.25, -0.2) is 14.4 Å². The van der Waals surface area contributed by atoms with Gasteiger partial charge in [0.2, 0.25) is 0 Å². The highest BCUT2D eigenvalue weighted by Crippen LogP contribution is 2.22. The summed E-state index contributed by atoms with van der Waals surface area (Å²) in [7, 11) is 0. The standard InChI is InChI=1S/C21H28FN5S/c1-28-21-23-13-17(14-24-21)15-25-8-2-3-20(16-25)27-11-9-26(10-12-27)19-6-4-18(22)5-7-19/h4-7,13-14,20H,2-3,8-12,15-16H2,1H3/t20-/m1/s1. The number of likely N-dealkylation sites (tertiary alicyclic amines) is 1. The van der Waals surface area contributed by atoms with Gasteiger partial charge in [-0.3, -0.25) is 9.80 Å². The number of benzene rings is 1. The maximum atomic E-state index is 13.1. The Morgan fingerprint density at radius 3 is 2.43 bits per heavy atom. The lowest BCUT2D eigenvalue weighted by atomic mass is 10.0. The van der Waals surface area contributed by atoms with Crippen LogP contribution in [0.5, 0.6) is 0 Å². The summed E-state index contributed by atoms with van der Waals surface area (Å²) in [6, 6.07) is 7.50. The Hall–Kier alpha value is -1.70. The summed E-state index contributed by atoms with van der Waals surface area (Å²) in [6.45, 7) is 7.35. The lowest BCUT2D eigenvalue weighted by Crippen LogP contribution is -2.55. The number of rotatable bonds is 5. The molecule has 1 atom stereocenters. The smallest absolute Gasteiger partial charge is 0.187 e. The highest BCUT2D eigenvalue weighted by Gasteiger charge is 2.28. The average Bonchev–Trinajstić information content (AvgIpc) is 2.75. The van der Waals surface area contributed by atoms with Crippen molar-refractivity contribution in [3.63, 3.8) is 0 Å². The van der Waals surface area contributed by atoms with Gasteiger partial charge >= 0.3 is 0 Å². The molecule has 1 aromatic carbocycles. The first-order valence-corrected chi connectivity index (χ1v) is 11.3. The Balaban J connectivity index is 1.29. The van der Waals surface area contributed by atoms with Crippen LogP contribution in [-0.4, -0.2) is 71.3 Å². The van der Waals surface area contributed by atoms with Gasteiger partial charge in [0.25, 0.3) is 0 Å². The summed E-state index contributed by atoms with van der Waals surface area (Å²) in [6.07, 6.45) is 8.44. The fourth-order valence-corrected chi connectivity index (χ4v) is 4.57. The van der Waals surface area contributed by atoms with Crippen LogP contribution in [0.15, 0.2) is 41.8 Å². The second-order valence-electron chi connectivity index (χ2n) is 7.61. The van der Waals surface area contributed by atoms with Crippen LogP contribution in [-0.2, 0) is 6.54 Å². The Kier molecular flexibility index (Phi) is 6.44. The molecule has 0 saturated carbocycles. The number of piperidine rings is 1. The van der Waals surface area contributed by atoms with E-state index in [1.54, 1.807) is 23.9 Å². The molecule has 0 amide bonds. The van der Waals surface area contributed by atoms with Gasteiger partial charge in [-0.15, -0.1) is 0 Å². The molecule has 0 spiro atoms. The van der Waals surface area contributed by atoms with Crippen molar-refractivity contribution in [2.24, 2.45) is 0 Å². The van der Waals surface area contributed by atoms with Crippen LogP contribution < -0.4 is 4.90 Å². The number of anilines is 1. The zero-order valence-electron chi connectivity index (χ0n) is 16.4. The summed E-state index contributed by atoms with van der Waals surface area (Å²) in [5.74, 6) is -0.168. The van der Waals surface area contributed by atoms with Crippen molar-refractivity contribution in [1.82, 2.24) is 19.8 Å². The molecule has 0 radical (unpaired) electrons. The lowest BCUT2D eigenvalue weighted by Gasteiger charge is -2.44. The topological polar surface area (TPSA) is 35.5 Å². The Morgan fingerprint density at radius 1 is 1.04 bits per heavy atom. The van der Waals surface area contributed by atoms with Gasteiger partial charge in [0.1, 0.15) is 5.82 Å². The van der Waals surface area contributed by atoms with E-state index in [0.717, 1.165) is 56.7 Å². The molecule has 4 rings (SSSR count). The van der Waals surface area contributed by atoms with E-state index >= 15 is 0 Å². The van der Waals surface area contributed by atoms with Crippen molar-refractivity contribution < 1.29 is 4.39 Å². The molecule has 7 heteroatoms. The molecule has 0 N–H and O–H groups in total. The van der Waals surface area contributed by atoms with E-state index in [9.17, 15) is 4.39 Å². The Labute approximate surface area is 170 Å². The third kappa shape index (κ3) is 4.82. The minimum absolute atomic E-state index is 0.168. The first-order chi connectivity index (χ1) is 13.7. The molecular weight excluding hydrogens is 373 g/mol. The van der Waals surface area contributed by atoms with Crippen molar-refractivity contribution in [2.45, 2.75) is 30.6 Å². The van der Waals surface area contributed by atoms with Crippen LogP contribution in [0, 0.1) is 5.82 Å². The lowest BCUT2D eigenvalue weighted by molar-refractivity contribution is 0.0886. The molecular formula is C21H28FN5S. The first kappa shape index (κ1) is 19.6. The normalized spacial score (nSPS) is 21.8. The van der Waals surface area contributed by atoms with E-state index in [0.29, 0.717) is 6.04 Å². The van der Waals surface area contributed by atoms with Gasteiger partial charge in [0.05, 0.1) is 0 Å². The van der Waals surface area contributed by atoms with E-state index in [4.69, 9.17) is 0 Å². The molecule has 0 unspecified atom stereocenters. The summed E-state index contributed by atoms with van der Waals surface area (Å²) in [5, 5.41) is 0.833. The number of aromatic nitrogens is 2. The first-order valence-electron chi connectivity index (χ1n) is 10.0. The van der Waals surface area contributed by atoms with Crippen LogP contribution >= 0.6 is 11.8 Å². The molecule has 0 aliphatic carbocycles. The van der Waals surface area contributed by atoms with E-state index in [-0.39, 0.29) is 5.82 Å². The van der Waals surface area contributed by atoms with Crippen molar-refractivity contribution in [3.8, 4) is 0 Å². The van der Waals surface area contributed by atoms with Gasteiger partial charge in [-0.05, 0) is 49.9 Å². The minimum atomic E-state index is -0.168. The number of hydrogen-bond acceptors (Lipinski definition) is 6. The van der Waals surface area contributed by atoms with Gasteiger partial charge in [0.15, 0.2) is 5.16 Å². The Bertz CT molecular complexity index is 746. The van der Waals surface area contributed by atoms with Gasteiger partial charge in [-0.2, -0.15) is 0 Å². The molecule has 150 valence electrons. The van der Waals surface area contributed by atoms with Crippen LogP contribution in [0.25, 0.3) is 0 Å².